The van der Waals surface area contributed by atoms with Gasteiger partial charge in [0, 0.05) is 11.8 Å². The molecule has 0 radical (unpaired) electrons. The van der Waals surface area contributed by atoms with Crippen molar-refractivity contribution in [2.45, 2.75) is 26.4 Å². The third-order valence-electron chi connectivity index (χ3n) is 3.33. The zero-order valence-corrected chi connectivity index (χ0v) is 13.5. The Hall–Kier alpha value is -2.41. The fourth-order valence-electron chi connectivity index (χ4n) is 2.40. The molecule has 1 unspecified atom stereocenters. The lowest BCUT2D eigenvalue weighted by Crippen LogP contribution is -2.41. The highest BCUT2D eigenvalue weighted by molar-refractivity contribution is 5.89. The van der Waals surface area contributed by atoms with E-state index < -0.39 is 11.5 Å². The van der Waals surface area contributed by atoms with Crippen LogP contribution in [-0.2, 0) is 15.2 Å². The number of hydroxylamine groups is 1. The van der Waals surface area contributed by atoms with Gasteiger partial charge in [0.1, 0.15) is 0 Å². The highest BCUT2D eigenvalue weighted by atomic mass is 16.7. The molecule has 3 N–H and O–H groups in total. The van der Waals surface area contributed by atoms with Crippen LogP contribution in [0.4, 0.5) is 0 Å². The first-order chi connectivity index (χ1) is 11.1. The number of amides is 1. The van der Waals surface area contributed by atoms with Gasteiger partial charge in [0.2, 0.25) is 11.4 Å². The van der Waals surface area contributed by atoms with Crippen LogP contribution in [0.3, 0.4) is 0 Å². The molecule has 1 aliphatic heterocycles. The Kier molecular flexibility index (Phi) is 5.33. The van der Waals surface area contributed by atoms with Crippen LogP contribution in [0.15, 0.2) is 24.4 Å². The number of hydrogen-bond acceptors (Lipinski definition) is 6. The van der Waals surface area contributed by atoms with Crippen molar-refractivity contribution in [2.24, 2.45) is 5.73 Å². The molecule has 126 valence electrons. The average Bonchev–Trinajstić information content (AvgIpc) is 3.02. The first-order valence-corrected chi connectivity index (χ1v) is 7.57. The number of nitrogens with one attached hydrogen (secondary N) is 1. The number of primary amides is 1. The lowest BCUT2D eigenvalue weighted by Gasteiger charge is -2.27. The van der Waals surface area contributed by atoms with Gasteiger partial charge in [-0.2, -0.15) is 0 Å². The van der Waals surface area contributed by atoms with Crippen LogP contribution in [-0.4, -0.2) is 25.7 Å². The summed E-state index contributed by atoms with van der Waals surface area (Å²) in [6, 6.07) is 3.41. The highest BCUT2D eigenvalue weighted by Crippen LogP contribution is 2.46. The standard InChI is InChI=1S/C16H22N2O5/c1-4-20-12-8-7-11(13(21-5-2)14(12)22-6-3)16(15(17)19)9-10-18-23-16/h7-10,18H,4-6H2,1-3H3,(H2,17,19). The molecule has 0 aromatic heterocycles. The van der Waals surface area contributed by atoms with Crippen molar-refractivity contribution in [3.05, 3.63) is 30.0 Å². The van der Waals surface area contributed by atoms with E-state index in [4.69, 9.17) is 24.8 Å². The van der Waals surface area contributed by atoms with E-state index in [1.54, 1.807) is 18.2 Å². The summed E-state index contributed by atoms with van der Waals surface area (Å²) in [4.78, 5) is 17.4. The number of nitrogens with two attached hydrogens (primary N) is 1. The summed E-state index contributed by atoms with van der Waals surface area (Å²) in [5, 5.41) is 0. The van der Waals surface area contributed by atoms with Gasteiger partial charge in [0.05, 0.1) is 19.8 Å². The summed E-state index contributed by atoms with van der Waals surface area (Å²) < 4.78 is 17.0. The Morgan fingerprint density at radius 1 is 1.13 bits per heavy atom. The summed E-state index contributed by atoms with van der Waals surface area (Å²) >= 11 is 0. The van der Waals surface area contributed by atoms with E-state index >= 15 is 0 Å². The second kappa shape index (κ2) is 7.23. The van der Waals surface area contributed by atoms with Gasteiger partial charge < -0.3 is 19.9 Å². The molecule has 1 aromatic carbocycles. The molecule has 0 saturated carbocycles. The molecular weight excluding hydrogens is 300 g/mol. The van der Waals surface area contributed by atoms with Crippen LogP contribution in [0, 0.1) is 0 Å². The Bertz CT molecular complexity index is 602. The zero-order valence-electron chi connectivity index (χ0n) is 13.5. The lowest BCUT2D eigenvalue weighted by molar-refractivity contribution is -0.142. The number of carbonyl (C=O) groups is 1. The minimum Gasteiger partial charge on any atom is -0.490 e. The van der Waals surface area contributed by atoms with Crippen LogP contribution in [0.25, 0.3) is 0 Å². The van der Waals surface area contributed by atoms with Crippen molar-refractivity contribution in [2.75, 3.05) is 19.8 Å². The molecule has 1 heterocycles. The van der Waals surface area contributed by atoms with E-state index in [0.29, 0.717) is 42.6 Å². The quantitative estimate of drug-likeness (QED) is 0.755. The molecule has 2 rings (SSSR count). The van der Waals surface area contributed by atoms with E-state index in [1.807, 2.05) is 20.8 Å². The Morgan fingerprint density at radius 2 is 1.78 bits per heavy atom. The molecule has 1 atom stereocenters. The molecule has 7 heteroatoms. The van der Waals surface area contributed by atoms with Gasteiger partial charge in [0.15, 0.2) is 11.5 Å². The number of benzene rings is 1. The molecule has 0 bridgehead atoms. The van der Waals surface area contributed by atoms with Crippen molar-refractivity contribution in [3.8, 4) is 17.2 Å². The van der Waals surface area contributed by atoms with E-state index in [2.05, 4.69) is 5.48 Å². The number of carbonyl (C=O) groups excluding carboxylic acids is 1. The molecular formula is C16H22N2O5. The molecule has 0 spiro atoms. The van der Waals surface area contributed by atoms with Crippen LogP contribution < -0.4 is 25.4 Å². The van der Waals surface area contributed by atoms with Crippen molar-refractivity contribution in [1.29, 1.82) is 0 Å². The predicted molar refractivity (Wildman–Crippen MR) is 84.2 cm³/mol. The van der Waals surface area contributed by atoms with Crippen LogP contribution in [0.1, 0.15) is 26.3 Å². The van der Waals surface area contributed by atoms with Gasteiger partial charge in [-0.3, -0.25) is 15.1 Å². The third-order valence-corrected chi connectivity index (χ3v) is 3.33. The Balaban J connectivity index is 2.65. The van der Waals surface area contributed by atoms with Crippen LogP contribution in [0.5, 0.6) is 17.2 Å². The van der Waals surface area contributed by atoms with E-state index in [0.717, 1.165) is 0 Å². The van der Waals surface area contributed by atoms with Crippen molar-refractivity contribution >= 4 is 5.91 Å². The second-order valence-corrected chi connectivity index (χ2v) is 4.72. The number of rotatable bonds is 8. The summed E-state index contributed by atoms with van der Waals surface area (Å²) in [6.07, 6.45) is 3.06. The molecule has 0 aliphatic carbocycles. The SMILES string of the molecule is CCOc1ccc(C2(C(N)=O)C=CNO2)c(OCC)c1OCC. The van der Waals surface area contributed by atoms with Crippen LogP contribution in [0.2, 0.25) is 0 Å². The normalized spacial score (nSPS) is 19.3. The lowest BCUT2D eigenvalue weighted by atomic mass is 9.91. The highest BCUT2D eigenvalue weighted by Gasteiger charge is 2.44. The summed E-state index contributed by atoms with van der Waals surface area (Å²) in [5.74, 6) is 0.688. The predicted octanol–water partition coefficient (Wildman–Crippen LogP) is 1.61. The first kappa shape index (κ1) is 17.0. The summed E-state index contributed by atoms with van der Waals surface area (Å²) in [7, 11) is 0. The topological polar surface area (TPSA) is 92.0 Å². The largest absolute Gasteiger partial charge is 0.490 e. The second-order valence-electron chi connectivity index (χ2n) is 4.72. The summed E-state index contributed by atoms with van der Waals surface area (Å²) in [6.45, 7) is 6.85. The van der Waals surface area contributed by atoms with Crippen LogP contribution >= 0.6 is 0 Å². The minimum absolute atomic E-state index is 0.382. The van der Waals surface area contributed by atoms with Gasteiger partial charge in [0.25, 0.3) is 5.91 Å². The minimum atomic E-state index is -1.46. The van der Waals surface area contributed by atoms with E-state index in [9.17, 15) is 4.79 Å². The number of hydrogen-bond donors (Lipinski definition) is 2. The molecule has 1 aliphatic rings. The van der Waals surface area contributed by atoms with Gasteiger partial charge in [-0.25, -0.2) is 0 Å². The average molecular weight is 322 g/mol. The van der Waals surface area contributed by atoms with Gasteiger partial charge in [-0.15, -0.1) is 0 Å². The smallest absolute Gasteiger partial charge is 0.261 e. The fourth-order valence-corrected chi connectivity index (χ4v) is 2.40. The first-order valence-electron chi connectivity index (χ1n) is 7.57. The Labute approximate surface area is 135 Å². The molecule has 23 heavy (non-hydrogen) atoms. The maximum atomic E-state index is 12.0. The van der Waals surface area contributed by atoms with Gasteiger partial charge in [-0.05, 0) is 39.0 Å². The Morgan fingerprint density at radius 3 is 2.30 bits per heavy atom. The molecule has 0 fully saturated rings. The van der Waals surface area contributed by atoms with Gasteiger partial charge in [-0.1, -0.05) is 0 Å². The third kappa shape index (κ3) is 3.05. The van der Waals surface area contributed by atoms with Crippen molar-refractivity contribution < 1.29 is 23.8 Å². The fraction of sp³-hybridized carbons (Fsp3) is 0.438. The maximum Gasteiger partial charge on any atom is 0.261 e. The molecule has 1 amide bonds. The molecule has 1 aromatic rings. The van der Waals surface area contributed by atoms with Gasteiger partial charge >= 0.3 is 0 Å². The zero-order chi connectivity index (χ0) is 16.9. The maximum absolute atomic E-state index is 12.0. The monoisotopic (exact) mass is 322 g/mol. The number of ether oxygens (including phenoxy) is 3. The molecule has 0 saturated heterocycles. The van der Waals surface area contributed by atoms with E-state index in [-0.39, 0.29) is 0 Å². The van der Waals surface area contributed by atoms with Crippen molar-refractivity contribution in [3.63, 3.8) is 0 Å². The van der Waals surface area contributed by atoms with E-state index in [1.165, 1.54) is 6.20 Å². The molecule has 7 nitrogen and oxygen atoms in total. The summed E-state index contributed by atoms with van der Waals surface area (Å²) in [5.41, 5.74) is 7.11. The van der Waals surface area contributed by atoms with Crippen molar-refractivity contribution in [1.82, 2.24) is 5.48 Å².